The molecule has 20 heavy (non-hydrogen) atoms. The van der Waals surface area contributed by atoms with Crippen molar-refractivity contribution in [1.29, 1.82) is 0 Å². The van der Waals surface area contributed by atoms with E-state index in [9.17, 15) is 14.7 Å². The monoisotopic (exact) mass is 296 g/mol. The van der Waals surface area contributed by atoms with Crippen molar-refractivity contribution < 1.29 is 19.4 Å². The maximum Gasteiger partial charge on any atom is 0.328 e. The summed E-state index contributed by atoms with van der Waals surface area (Å²) in [4.78, 5) is 24.2. The summed E-state index contributed by atoms with van der Waals surface area (Å²) in [6.45, 7) is 3.65. The van der Waals surface area contributed by atoms with Crippen LogP contribution >= 0.6 is 11.8 Å². The van der Waals surface area contributed by atoms with E-state index in [2.05, 4.69) is 0 Å². The van der Waals surface area contributed by atoms with E-state index in [1.807, 2.05) is 25.3 Å². The Kier molecular flexibility index (Phi) is 6.07. The Morgan fingerprint density at radius 1 is 1.35 bits per heavy atom. The van der Waals surface area contributed by atoms with Crippen molar-refractivity contribution in [1.82, 2.24) is 0 Å². The van der Waals surface area contributed by atoms with Gasteiger partial charge in [0.15, 0.2) is 5.41 Å². The first-order valence-electron chi connectivity index (χ1n) is 6.46. The number of hydrogen-bond acceptors (Lipinski definition) is 4. The van der Waals surface area contributed by atoms with E-state index in [4.69, 9.17) is 4.74 Å². The van der Waals surface area contributed by atoms with Crippen molar-refractivity contribution in [2.24, 2.45) is 0 Å². The van der Waals surface area contributed by atoms with Crippen LogP contribution in [-0.4, -0.2) is 35.7 Å². The Labute approximate surface area is 123 Å². The minimum atomic E-state index is -1.62. The maximum atomic E-state index is 12.4. The van der Waals surface area contributed by atoms with Gasteiger partial charge in [-0.1, -0.05) is 24.3 Å². The van der Waals surface area contributed by atoms with Crippen LogP contribution < -0.4 is 0 Å². The molecule has 0 amide bonds. The molecule has 0 fully saturated rings. The van der Waals surface area contributed by atoms with Crippen LogP contribution in [0.1, 0.15) is 24.5 Å². The lowest BCUT2D eigenvalue weighted by atomic mass is 9.76. The van der Waals surface area contributed by atoms with Crippen LogP contribution in [0.4, 0.5) is 0 Å². The first-order chi connectivity index (χ1) is 9.50. The topological polar surface area (TPSA) is 63.6 Å². The molecular weight excluding hydrogens is 276 g/mol. The fraction of sp³-hybridized carbons (Fsp3) is 0.467. The Hall–Kier alpha value is -1.49. The average Bonchev–Trinajstić information content (AvgIpc) is 2.41. The quantitative estimate of drug-likeness (QED) is 0.619. The fourth-order valence-corrected chi connectivity index (χ4v) is 2.73. The van der Waals surface area contributed by atoms with Crippen molar-refractivity contribution in [2.75, 3.05) is 18.6 Å². The van der Waals surface area contributed by atoms with Gasteiger partial charge in [-0.15, -0.1) is 0 Å². The molecule has 1 unspecified atom stereocenters. The van der Waals surface area contributed by atoms with Gasteiger partial charge in [0.1, 0.15) is 0 Å². The van der Waals surface area contributed by atoms with E-state index in [-0.39, 0.29) is 13.0 Å². The van der Waals surface area contributed by atoms with Crippen LogP contribution in [0.25, 0.3) is 0 Å². The number of carboxylic acids is 1. The smallest absolute Gasteiger partial charge is 0.328 e. The molecule has 0 aliphatic carbocycles. The van der Waals surface area contributed by atoms with Gasteiger partial charge < -0.3 is 9.84 Å². The lowest BCUT2D eigenvalue weighted by molar-refractivity contribution is -0.161. The highest BCUT2D eigenvalue weighted by molar-refractivity contribution is 7.98. The fourth-order valence-electron chi connectivity index (χ4n) is 2.22. The zero-order chi connectivity index (χ0) is 15.2. The molecule has 0 spiro atoms. The van der Waals surface area contributed by atoms with Crippen molar-refractivity contribution in [3.8, 4) is 0 Å². The minimum absolute atomic E-state index is 0.166. The molecule has 110 valence electrons. The normalized spacial score (nSPS) is 13.6. The Morgan fingerprint density at radius 2 is 2.00 bits per heavy atom. The number of thioether (sulfide) groups is 1. The van der Waals surface area contributed by atoms with Gasteiger partial charge in [0.2, 0.25) is 0 Å². The van der Waals surface area contributed by atoms with Gasteiger partial charge >= 0.3 is 11.9 Å². The van der Waals surface area contributed by atoms with E-state index < -0.39 is 17.4 Å². The second-order valence-corrected chi connectivity index (χ2v) is 5.47. The largest absolute Gasteiger partial charge is 0.480 e. The van der Waals surface area contributed by atoms with E-state index in [0.717, 1.165) is 5.56 Å². The van der Waals surface area contributed by atoms with Crippen LogP contribution in [0.15, 0.2) is 24.3 Å². The maximum absolute atomic E-state index is 12.4. The van der Waals surface area contributed by atoms with Crippen LogP contribution in [0, 0.1) is 6.92 Å². The summed E-state index contributed by atoms with van der Waals surface area (Å²) >= 11 is 1.51. The number of rotatable bonds is 7. The molecule has 0 aliphatic rings. The highest BCUT2D eigenvalue weighted by Crippen LogP contribution is 2.33. The van der Waals surface area contributed by atoms with Crippen molar-refractivity contribution >= 4 is 23.7 Å². The van der Waals surface area contributed by atoms with Gasteiger partial charge in [0.25, 0.3) is 0 Å². The number of hydrogen-bond donors (Lipinski definition) is 1. The van der Waals surface area contributed by atoms with Crippen LogP contribution in [0.2, 0.25) is 0 Å². The second-order valence-electron chi connectivity index (χ2n) is 4.49. The molecule has 0 aromatic heterocycles. The highest BCUT2D eigenvalue weighted by atomic mass is 32.2. The number of aryl methyl sites for hydroxylation is 1. The molecule has 5 heteroatoms. The summed E-state index contributed by atoms with van der Waals surface area (Å²) in [6.07, 6.45) is 2.10. The van der Waals surface area contributed by atoms with Gasteiger partial charge in [0.05, 0.1) is 6.61 Å². The van der Waals surface area contributed by atoms with Crippen LogP contribution in [-0.2, 0) is 19.7 Å². The van der Waals surface area contributed by atoms with E-state index in [1.165, 1.54) is 11.8 Å². The summed E-state index contributed by atoms with van der Waals surface area (Å²) in [5.74, 6) is -1.27. The molecule has 0 saturated heterocycles. The van der Waals surface area contributed by atoms with Gasteiger partial charge in [-0.3, -0.25) is 9.59 Å². The highest BCUT2D eigenvalue weighted by Gasteiger charge is 2.49. The summed E-state index contributed by atoms with van der Waals surface area (Å²) in [5.41, 5.74) is -0.325. The molecule has 1 rings (SSSR count). The van der Waals surface area contributed by atoms with Crippen molar-refractivity contribution in [3.05, 3.63) is 35.4 Å². The van der Waals surface area contributed by atoms with Gasteiger partial charge in [-0.05, 0) is 43.4 Å². The molecule has 1 aromatic carbocycles. The van der Waals surface area contributed by atoms with Crippen molar-refractivity contribution in [3.63, 3.8) is 0 Å². The molecule has 4 nitrogen and oxygen atoms in total. The summed E-state index contributed by atoms with van der Waals surface area (Å²) < 4.78 is 5.05. The van der Waals surface area contributed by atoms with E-state index >= 15 is 0 Å². The number of carbonyl (C=O) groups excluding carboxylic acids is 1. The van der Waals surface area contributed by atoms with Gasteiger partial charge in [-0.2, -0.15) is 11.8 Å². The lowest BCUT2D eigenvalue weighted by Gasteiger charge is -2.28. The molecule has 1 aromatic rings. The first kappa shape index (κ1) is 16.6. The number of benzene rings is 1. The van der Waals surface area contributed by atoms with E-state index in [0.29, 0.717) is 11.3 Å². The molecule has 0 saturated carbocycles. The minimum Gasteiger partial charge on any atom is -0.480 e. The second kappa shape index (κ2) is 7.33. The molecule has 1 atom stereocenters. The third-order valence-electron chi connectivity index (χ3n) is 3.28. The number of ether oxygens (including phenoxy) is 1. The Balaban J connectivity index is 3.40. The SMILES string of the molecule is CCOC(=O)C(CCSC)(C(=O)O)c1ccccc1C. The summed E-state index contributed by atoms with van der Waals surface area (Å²) in [5, 5.41) is 9.72. The first-order valence-corrected chi connectivity index (χ1v) is 7.85. The zero-order valence-electron chi connectivity index (χ0n) is 12.0. The van der Waals surface area contributed by atoms with Crippen molar-refractivity contribution in [2.45, 2.75) is 25.7 Å². The molecule has 0 bridgehead atoms. The third kappa shape index (κ3) is 3.15. The molecule has 0 heterocycles. The third-order valence-corrected chi connectivity index (χ3v) is 3.89. The average molecular weight is 296 g/mol. The Bertz CT molecular complexity index is 487. The molecule has 1 N–H and O–H groups in total. The van der Waals surface area contributed by atoms with Gasteiger partial charge in [-0.25, -0.2) is 0 Å². The zero-order valence-corrected chi connectivity index (χ0v) is 12.8. The standard InChI is InChI=1S/C15H20O4S/c1-4-19-14(18)15(13(16)17,9-10-20-3)12-8-6-5-7-11(12)2/h5-8H,4,9-10H2,1-3H3,(H,16,17). The van der Waals surface area contributed by atoms with Crippen LogP contribution in [0.3, 0.4) is 0 Å². The van der Waals surface area contributed by atoms with E-state index in [1.54, 1.807) is 19.1 Å². The summed E-state index contributed by atoms with van der Waals surface area (Å²) in [7, 11) is 0. The molecule has 0 aliphatic heterocycles. The van der Waals surface area contributed by atoms with Crippen LogP contribution in [0.5, 0.6) is 0 Å². The molecular formula is C15H20O4S. The number of carboxylic acid groups (broad SMARTS) is 1. The predicted octanol–water partition coefficient (Wildman–Crippen LogP) is 2.63. The Morgan fingerprint density at radius 3 is 2.50 bits per heavy atom. The number of esters is 1. The number of carbonyl (C=O) groups is 2. The van der Waals surface area contributed by atoms with Gasteiger partial charge in [0, 0.05) is 0 Å². The lowest BCUT2D eigenvalue weighted by Crippen LogP contribution is -2.46. The predicted molar refractivity (Wildman–Crippen MR) is 80.1 cm³/mol. The number of aliphatic carboxylic acids is 1. The summed E-state index contributed by atoms with van der Waals surface area (Å²) in [6, 6.07) is 7.08. The molecule has 0 radical (unpaired) electrons.